The van der Waals surface area contributed by atoms with E-state index in [1.165, 1.54) is 5.56 Å². The normalized spacial score (nSPS) is 13.1. The summed E-state index contributed by atoms with van der Waals surface area (Å²) < 4.78 is 11.3. The van der Waals surface area contributed by atoms with E-state index in [4.69, 9.17) is 8.85 Å². The summed E-state index contributed by atoms with van der Waals surface area (Å²) >= 11 is 0. The van der Waals surface area contributed by atoms with E-state index in [1.807, 2.05) is 30.3 Å². The molecule has 0 amide bonds. The molecule has 7 heteroatoms. The number of rotatable bonds is 9. The molecule has 0 atom stereocenters. The predicted octanol–water partition coefficient (Wildman–Crippen LogP) is 6.14. The van der Waals surface area contributed by atoms with E-state index in [2.05, 4.69) is 57.4 Å². The first-order chi connectivity index (χ1) is 15.4. The van der Waals surface area contributed by atoms with Gasteiger partial charge in [-0.3, -0.25) is 0 Å². The van der Waals surface area contributed by atoms with E-state index in [-0.39, 0.29) is 16.6 Å². The molecule has 3 rings (SSSR count). The van der Waals surface area contributed by atoms with Crippen molar-refractivity contribution in [3.8, 4) is 11.4 Å². The summed E-state index contributed by atoms with van der Waals surface area (Å²) in [6.07, 6.45) is 2.61. The van der Waals surface area contributed by atoms with Crippen LogP contribution in [-0.4, -0.2) is 42.9 Å². The Morgan fingerprint density at radius 3 is 2.06 bits per heavy atom. The van der Waals surface area contributed by atoms with Crippen LogP contribution < -0.4 is 0 Å². The van der Waals surface area contributed by atoms with Crippen molar-refractivity contribution in [1.29, 1.82) is 0 Å². The van der Waals surface area contributed by atoms with Crippen LogP contribution in [0.1, 0.15) is 58.6 Å². The van der Waals surface area contributed by atoms with Gasteiger partial charge in [-0.15, -0.1) is 15.0 Å². The number of fused-ring (bicyclic) bond motifs is 1. The maximum absolute atomic E-state index is 11.3. The van der Waals surface area contributed by atoms with E-state index in [0.29, 0.717) is 5.69 Å². The predicted molar refractivity (Wildman–Crippen MR) is 136 cm³/mol. The van der Waals surface area contributed by atoms with E-state index >= 15 is 0 Å². The summed E-state index contributed by atoms with van der Waals surface area (Å²) in [4.78, 5) is 1.57. The van der Waals surface area contributed by atoms with Crippen LogP contribution in [0.2, 0.25) is 12.6 Å². The molecular weight excluding hydrogens is 430 g/mol. The van der Waals surface area contributed by atoms with Gasteiger partial charge in [0.15, 0.2) is 0 Å². The summed E-state index contributed by atoms with van der Waals surface area (Å²) in [6.45, 7) is 13.4. The Morgan fingerprint density at radius 1 is 0.970 bits per heavy atom. The Kier molecular flexibility index (Phi) is 7.36. The summed E-state index contributed by atoms with van der Waals surface area (Å²) in [5.74, 6) is 0.240. The second-order valence-electron chi connectivity index (χ2n) is 11.0. The maximum Gasteiger partial charge on any atom is 0.334 e. The Hall–Kier alpha value is -2.22. The average Bonchev–Trinajstić information content (AvgIpc) is 3.17. The number of phenols is 1. The molecule has 0 radical (unpaired) electrons. The highest BCUT2D eigenvalue weighted by Crippen LogP contribution is 2.40. The molecule has 0 aliphatic rings. The molecule has 3 aromatic rings. The van der Waals surface area contributed by atoms with Crippen LogP contribution in [0.15, 0.2) is 36.4 Å². The molecule has 0 aliphatic carbocycles. The molecule has 6 nitrogen and oxygen atoms in total. The molecule has 0 bridgehead atoms. The third kappa shape index (κ3) is 6.02. The maximum atomic E-state index is 11.3. The second-order valence-corrected chi connectivity index (χ2v) is 14.6. The van der Waals surface area contributed by atoms with E-state index in [9.17, 15) is 5.11 Å². The average molecular weight is 470 g/mol. The molecule has 0 spiro atoms. The summed E-state index contributed by atoms with van der Waals surface area (Å²) in [5.41, 5.74) is 4.42. The molecule has 0 saturated heterocycles. The Bertz CT molecular complexity index is 1060. The van der Waals surface area contributed by atoms with Gasteiger partial charge in [-0.2, -0.15) is 0 Å². The lowest BCUT2D eigenvalue weighted by atomic mass is 9.72. The van der Waals surface area contributed by atoms with Crippen molar-refractivity contribution in [3.05, 3.63) is 47.5 Å². The number of aromatic nitrogens is 3. The third-order valence-corrected chi connectivity index (χ3v) is 9.35. The van der Waals surface area contributed by atoms with Gasteiger partial charge < -0.3 is 14.0 Å². The minimum Gasteiger partial charge on any atom is -0.505 e. The van der Waals surface area contributed by atoms with Gasteiger partial charge in [0.25, 0.3) is 0 Å². The molecule has 2 aromatic carbocycles. The number of phenolic OH excluding ortho intramolecular Hbond substituents is 1. The Balaban J connectivity index is 2.05. The molecule has 1 N–H and O–H groups in total. The standard InChI is InChI=1S/C26H39N3O3Si/c1-25(2,3)18-26(4,5)20-16-19(12-11-15-33(8,31-6)32-7)24(30)23(17-20)29-27-21-13-9-10-14-22(21)28-29/h9-10,13-14,16-17,30H,11-12,15,18H2,1-8H3. The first-order valence-corrected chi connectivity index (χ1v) is 14.2. The van der Waals surface area contributed by atoms with Crippen LogP contribution in [0, 0.1) is 5.41 Å². The van der Waals surface area contributed by atoms with Crippen molar-refractivity contribution in [2.24, 2.45) is 5.41 Å². The quantitative estimate of drug-likeness (QED) is 0.381. The SMILES string of the molecule is CO[Si](C)(CCCc1cc(C(C)(C)CC(C)(C)C)cc(-n2nc3ccccc3n2)c1O)OC. The van der Waals surface area contributed by atoms with Gasteiger partial charge in [-0.05, 0) is 72.0 Å². The molecule has 0 saturated carbocycles. The highest BCUT2D eigenvalue weighted by Gasteiger charge is 2.31. The smallest absolute Gasteiger partial charge is 0.334 e. The number of hydrogen-bond donors (Lipinski definition) is 1. The molecule has 0 fully saturated rings. The van der Waals surface area contributed by atoms with Gasteiger partial charge >= 0.3 is 8.56 Å². The van der Waals surface area contributed by atoms with Gasteiger partial charge in [-0.1, -0.05) is 52.8 Å². The highest BCUT2D eigenvalue weighted by molar-refractivity contribution is 6.65. The van der Waals surface area contributed by atoms with Gasteiger partial charge in [0.05, 0.1) is 0 Å². The first kappa shape index (κ1) is 25.4. The molecule has 180 valence electrons. The van der Waals surface area contributed by atoms with Crippen LogP contribution in [0.3, 0.4) is 0 Å². The fraction of sp³-hybridized carbons (Fsp3) is 0.538. The number of nitrogens with zero attached hydrogens (tertiary/aromatic N) is 3. The summed E-state index contributed by atoms with van der Waals surface area (Å²) in [6, 6.07) is 12.8. The highest BCUT2D eigenvalue weighted by atomic mass is 28.4. The molecule has 0 unspecified atom stereocenters. The van der Waals surface area contributed by atoms with E-state index in [0.717, 1.165) is 41.9 Å². The second kappa shape index (κ2) is 9.56. The molecule has 1 heterocycles. The van der Waals surface area contributed by atoms with E-state index < -0.39 is 8.56 Å². The van der Waals surface area contributed by atoms with Crippen LogP contribution in [-0.2, 0) is 20.7 Å². The monoisotopic (exact) mass is 469 g/mol. The van der Waals surface area contributed by atoms with Crippen LogP contribution in [0.25, 0.3) is 16.7 Å². The number of aryl methyl sites for hydroxylation is 1. The summed E-state index contributed by atoms with van der Waals surface area (Å²) in [7, 11) is 1.27. The van der Waals surface area contributed by atoms with Crippen molar-refractivity contribution in [3.63, 3.8) is 0 Å². The molecule has 33 heavy (non-hydrogen) atoms. The summed E-state index contributed by atoms with van der Waals surface area (Å²) in [5, 5.41) is 20.6. The van der Waals surface area contributed by atoms with Crippen LogP contribution in [0.5, 0.6) is 5.75 Å². The lowest BCUT2D eigenvalue weighted by Crippen LogP contribution is -2.35. The zero-order valence-corrected chi connectivity index (χ0v) is 22.4. The van der Waals surface area contributed by atoms with Crippen molar-refractivity contribution in [2.45, 2.75) is 71.9 Å². The number of hydrogen-bond acceptors (Lipinski definition) is 5. The zero-order valence-electron chi connectivity index (χ0n) is 21.4. The van der Waals surface area contributed by atoms with Gasteiger partial charge in [0.1, 0.15) is 22.5 Å². The van der Waals surface area contributed by atoms with Gasteiger partial charge in [-0.25, -0.2) is 0 Å². The molecule has 0 aliphatic heterocycles. The minimum atomic E-state index is -2.16. The fourth-order valence-electron chi connectivity index (χ4n) is 4.69. The Morgan fingerprint density at radius 2 is 1.55 bits per heavy atom. The zero-order chi connectivity index (χ0) is 24.4. The lowest BCUT2D eigenvalue weighted by molar-refractivity contribution is 0.248. The number of aromatic hydroxyl groups is 1. The van der Waals surface area contributed by atoms with Gasteiger partial charge in [0, 0.05) is 14.2 Å². The van der Waals surface area contributed by atoms with Crippen molar-refractivity contribution in [1.82, 2.24) is 15.0 Å². The first-order valence-electron chi connectivity index (χ1n) is 11.7. The fourth-order valence-corrected chi connectivity index (χ4v) is 6.09. The van der Waals surface area contributed by atoms with Crippen molar-refractivity contribution >= 4 is 19.6 Å². The number of benzene rings is 2. The minimum absolute atomic E-state index is 0.0790. The van der Waals surface area contributed by atoms with Crippen molar-refractivity contribution < 1.29 is 14.0 Å². The topological polar surface area (TPSA) is 69.4 Å². The molecule has 1 aromatic heterocycles. The van der Waals surface area contributed by atoms with Crippen molar-refractivity contribution in [2.75, 3.05) is 14.2 Å². The van der Waals surface area contributed by atoms with E-state index in [1.54, 1.807) is 19.0 Å². The lowest BCUT2D eigenvalue weighted by Gasteiger charge is -2.33. The largest absolute Gasteiger partial charge is 0.505 e. The van der Waals surface area contributed by atoms with Gasteiger partial charge in [0.2, 0.25) is 0 Å². The van der Waals surface area contributed by atoms with Crippen LogP contribution >= 0.6 is 0 Å². The van der Waals surface area contributed by atoms with Crippen LogP contribution in [0.4, 0.5) is 0 Å². The Labute approximate surface area is 199 Å². The molecular formula is C26H39N3O3Si. The third-order valence-electron chi connectivity index (χ3n) is 6.37.